The number of fused-ring (bicyclic) bond motifs is 1. The van der Waals surface area contributed by atoms with E-state index in [-0.39, 0.29) is 41.7 Å². The minimum atomic E-state index is -0.477. The zero-order chi connectivity index (χ0) is 23.8. The summed E-state index contributed by atoms with van der Waals surface area (Å²) in [5.74, 6) is -0.434. The largest absolute Gasteiger partial charge is 0.330 e. The van der Waals surface area contributed by atoms with Crippen LogP contribution in [0, 0.1) is 17.0 Å². The molecule has 1 unspecified atom stereocenters. The first kappa shape index (κ1) is 22.3. The van der Waals surface area contributed by atoms with Crippen LogP contribution in [-0.4, -0.2) is 45.7 Å². The molecule has 1 atom stereocenters. The topological polar surface area (TPSA) is 83.8 Å². The number of nitrogens with zero attached hydrogens (tertiary/aromatic N) is 3. The lowest BCUT2D eigenvalue weighted by molar-refractivity contribution is -0.385. The number of thiophene rings is 1. The maximum absolute atomic E-state index is 13.6. The van der Waals surface area contributed by atoms with Crippen LogP contribution in [0.1, 0.15) is 50.8 Å². The van der Waals surface area contributed by atoms with E-state index in [0.29, 0.717) is 12.1 Å². The maximum Gasteiger partial charge on any atom is 0.273 e. The maximum atomic E-state index is 13.6. The number of aryl methyl sites for hydroxylation is 1. The first-order valence-corrected chi connectivity index (χ1v) is 12.3. The second-order valence-electron chi connectivity index (χ2n) is 8.87. The number of nitro groups is 1. The summed E-state index contributed by atoms with van der Waals surface area (Å²) in [6, 6.07) is 16.4. The minimum absolute atomic E-state index is 0.00603. The Bertz CT molecular complexity index is 1250. The van der Waals surface area contributed by atoms with Gasteiger partial charge in [0.15, 0.2) is 0 Å². The van der Waals surface area contributed by atoms with Crippen molar-refractivity contribution in [2.24, 2.45) is 0 Å². The lowest BCUT2D eigenvalue weighted by Crippen LogP contribution is -2.47. The van der Waals surface area contributed by atoms with Crippen molar-refractivity contribution in [3.63, 3.8) is 0 Å². The number of hydrogen-bond donors (Lipinski definition) is 0. The van der Waals surface area contributed by atoms with Crippen molar-refractivity contribution in [1.29, 1.82) is 0 Å². The molecule has 1 fully saturated rings. The molecule has 2 heterocycles. The third kappa shape index (κ3) is 4.21. The van der Waals surface area contributed by atoms with Gasteiger partial charge in [0.25, 0.3) is 11.6 Å². The quantitative estimate of drug-likeness (QED) is 0.381. The second kappa shape index (κ2) is 9.02. The fourth-order valence-corrected chi connectivity index (χ4v) is 5.58. The highest BCUT2D eigenvalue weighted by Crippen LogP contribution is 2.38. The number of nitro benzene ring substituents is 1. The molecule has 1 aliphatic carbocycles. The summed E-state index contributed by atoms with van der Waals surface area (Å²) in [5, 5.41) is 13.4. The fraction of sp³-hybridized carbons (Fsp3) is 0.308. The molecule has 8 heteroatoms. The average molecular weight is 476 g/mol. The van der Waals surface area contributed by atoms with Gasteiger partial charge in [0.2, 0.25) is 5.91 Å². The lowest BCUT2D eigenvalue weighted by Gasteiger charge is -2.37. The van der Waals surface area contributed by atoms with Gasteiger partial charge in [-0.3, -0.25) is 19.7 Å². The molecule has 1 aliphatic heterocycles. The van der Waals surface area contributed by atoms with Crippen LogP contribution in [0.4, 0.5) is 5.69 Å². The van der Waals surface area contributed by atoms with Crippen LogP contribution in [0.15, 0.2) is 60.0 Å². The zero-order valence-electron chi connectivity index (χ0n) is 18.8. The number of hydrogen-bond acceptors (Lipinski definition) is 5. The molecule has 34 heavy (non-hydrogen) atoms. The Hall–Kier alpha value is -3.52. The predicted octanol–water partition coefficient (Wildman–Crippen LogP) is 4.74. The molecule has 0 saturated heterocycles. The Morgan fingerprint density at radius 1 is 1.15 bits per heavy atom. The monoisotopic (exact) mass is 475 g/mol. The van der Waals surface area contributed by atoms with Gasteiger partial charge in [0.05, 0.1) is 11.0 Å². The molecule has 174 valence electrons. The highest BCUT2D eigenvalue weighted by molar-refractivity contribution is 7.10. The summed E-state index contributed by atoms with van der Waals surface area (Å²) in [4.78, 5) is 42.7. The smallest absolute Gasteiger partial charge is 0.273 e. The highest BCUT2D eigenvalue weighted by Gasteiger charge is 2.38. The van der Waals surface area contributed by atoms with Crippen molar-refractivity contribution in [3.05, 3.63) is 97.2 Å². The molecule has 3 aromatic rings. The lowest BCUT2D eigenvalue weighted by atomic mass is 9.93. The Balaban J connectivity index is 1.42. The van der Waals surface area contributed by atoms with E-state index in [1.54, 1.807) is 35.3 Å². The van der Waals surface area contributed by atoms with Crippen molar-refractivity contribution >= 4 is 28.8 Å². The minimum Gasteiger partial charge on any atom is -0.330 e. The van der Waals surface area contributed by atoms with Crippen LogP contribution in [0.2, 0.25) is 0 Å². The van der Waals surface area contributed by atoms with Crippen molar-refractivity contribution in [2.45, 2.75) is 38.3 Å². The van der Waals surface area contributed by atoms with E-state index < -0.39 is 4.92 Å². The molecule has 0 bridgehead atoms. The number of amides is 2. The van der Waals surface area contributed by atoms with E-state index in [2.05, 4.69) is 11.4 Å². The van der Waals surface area contributed by atoms with Gasteiger partial charge in [-0.2, -0.15) is 0 Å². The number of benzene rings is 2. The van der Waals surface area contributed by atoms with Crippen molar-refractivity contribution in [3.8, 4) is 0 Å². The van der Waals surface area contributed by atoms with Gasteiger partial charge in [-0.15, -0.1) is 11.3 Å². The zero-order valence-corrected chi connectivity index (χ0v) is 19.7. The molecule has 2 aliphatic rings. The predicted molar refractivity (Wildman–Crippen MR) is 130 cm³/mol. The molecular formula is C26H25N3O4S. The summed E-state index contributed by atoms with van der Waals surface area (Å²) in [6.07, 6.45) is 2.47. The van der Waals surface area contributed by atoms with Crippen molar-refractivity contribution in [2.75, 3.05) is 13.1 Å². The molecule has 2 aromatic carbocycles. The van der Waals surface area contributed by atoms with Crippen LogP contribution < -0.4 is 0 Å². The molecule has 0 N–H and O–H groups in total. The van der Waals surface area contributed by atoms with Crippen LogP contribution in [0.5, 0.6) is 0 Å². The average Bonchev–Trinajstić information content (AvgIpc) is 3.57. The Morgan fingerprint density at radius 2 is 1.91 bits per heavy atom. The SMILES string of the molecule is Cc1ccc(C(=O)N(CC(=O)N2CCc3sccc3C2c2ccccc2)C2CC2)cc1[N+](=O)[O-]. The van der Waals surface area contributed by atoms with E-state index in [4.69, 9.17) is 0 Å². The van der Waals surface area contributed by atoms with Gasteiger partial charge in [0.1, 0.15) is 6.54 Å². The number of rotatable bonds is 6. The van der Waals surface area contributed by atoms with Gasteiger partial charge >= 0.3 is 0 Å². The fourth-order valence-electron chi connectivity index (χ4n) is 4.67. The van der Waals surface area contributed by atoms with Crippen molar-refractivity contribution < 1.29 is 14.5 Å². The summed E-state index contributed by atoms with van der Waals surface area (Å²) in [6.45, 7) is 2.20. The third-order valence-electron chi connectivity index (χ3n) is 6.61. The van der Waals surface area contributed by atoms with E-state index in [1.165, 1.54) is 10.9 Å². The number of carbonyl (C=O) groups is 2. The molecule has 2 amide bonds. The third-order valence-corrected chi connectivity index (χ3v) is 7.60. The first-order valence-electron chi connectivity index (χ1n) is 11.4. The van der Waals surface area contributed by atoms with E-state index in [9.17, 15) is 19.7 Å². The molecular weight excluding hydrogens is 450 g/mol. The van der Waals surface area contributed by atoms with Gasteiger partial charge < -0.3 is 9.80 Å². The van der Waals surface area contributed by atoms with Gasteiger partial charge in [-0.1, -0.05) is 36.4 Å². The summed E-state index contributed by atoms with van der Waals surface area (Å²) < 4.78 is 0. The Labute approximate surface area is 201 Å². The van der Waals surface area contributed by atoms with E-state index in [0.717, 1.165) is 30.4 Å². The molecule has 7 nitrogen and oxygen atoms in total. The summed E-state index contributed by atoms with van der Waals surface area (Å²) >= 11 is 1.72. The normalized spacial score (nSPS) is 17.2. The molecule has 1 saturated carbocycles. The highest BCUT2D eigenvalue weighted by atomic mass is 32.1. The number of carbonyl (C=O) groups excluding carboxylic acids is 2. The molecule has 0 radical (unpaired) electrons. The van der Waals surface area contributed by atoms with Gasteiger partial charge in [-0.05, 0) is 54.8 Å². The van der Waals surface area contributed by atoms with Gasteiger partial charge in [0, 0.05) is 34.7 Å². The molecule has 1 aromatic heterocycles. The van der Waals surface area contributed by atoms with Crippen LogP contribution in [0.3, 0.4) is 0 Å². The molecule has 5 rings (SSSR count). The van der Waals surface area contributed by atoms with Gasteiger partial charge in [-0.25, -0.2) is 0 Å². The summed E-state index contributed by atoms with van der Waals surface area (Å²) in [7, 11) is 0. The second-order valence-corrected chi connectivity index (χ2v) is 9.87. The molecule has 0 spiro atoms. The Kier molecular flexibility index (Phi) is 5.91. The van der Waals surface area contributed by atoms with Crippen LogP contribution in [-0.2, 0) is 11.2 Å². The summed E-state index contributed by atoms with van der Waals surface area (Å²) in [5.41, 5.74) is 2.86. The van der Waals surface area contributed by atoms with E-state index in [1.807, 2.05) is 35.2 Å². The van der Waals surface area contributed by atoms with Crippen LogP contribution >= 0.6 is 11.3 Å². The van der Waals surface area contributed by atoms with Crippen LogP contribution in [0.25, 0.3) is 0 Å². The van der Waals surface area contributed by atoms with Crippen molar-refractivity contribution in [1.82, 2.24) is 9.80 Å². The van der Waals surface area contributed by atoms with E-state index >= 15 is 0 Å². The Morgan fingerprint density at radius 3 is 2.62 bits per heavy atom. The standard InChI is InChI=1S/C26H25N3O4S/c1-17-7-8-19(15-22(17)29(32)33)26(31)28(20-9-10-20)16-24(30)27-13-11-23-21(12-14-34-23)25(27)18-5-3-2-4-6-18/h2-8,12,14-15,20,25H,9-11,13,16H2,1H3. The first-order chi connectivity index (χ1) is 16.4.